The van der Waals surface area contributed by atoms with Gasteiger partial charge in [0.05, 0.1) is 18.3 Å². The lowest BCUT2D eigenvalue weighted by Gasteiger charge is -2.24. The third kappa shape index (κ3) is 10.6. The van der Waals surface area contributed by atoms with Crippen LogP contribution in [-0.4, -0.2) is 50.2 Å². The van der Waals surface area contributed by atoms with Gasteiger partial charge in [-0.05, 0) is 26.2 Å². The molecule has 0 amide bonds. The molecule has 2 unspecified atom stereocenters. The number of aliphatic hydroxyl groups is 1. The number of hydrogen-bond acceptors (Lipinski definition) is 4. The van der Waals surface area contributed by atoms with Crippen molar-refractivity contribution >= 4 is 0 Å². The van der Waals surface area contributed by atoms with Crippen LogP contribution >= 0.6 is 0 Å². The first-order valence-electron chi connectivity index (χ1n) is 7.96. The van der Waals surface area contributed by atoms with Crippen molar-refractivity contribution in [2.24, 2.45) is 5.92 Å². The molecular formula is C16H35NO3. The zero-order valence-electron chi connectivity index (χ0n) is 14.1. The van der Waals surface area contributed by atoms with Crippen molar-refractivity contribution in [2.75, 3.05) is 33.4 Å². The van der Waals surface area contributed by atoms with Crippen molar-refractivity contribution in [2.45, 2.75) is 65.1 Å². The van der Waals surface area contributed by atoms with Crippen LogP contribution in [0.1, 0.15) is 53.4 Å². The second kappa shape index (κ2) is 11.5. The Morgan fingerprint density at radius 3 is 2.45 bits per heavy atom. The lowest BCUT2D eigenvalue weighted by Crippen LogP contribution is -2.41. The van der Waals surface area contributed by atoms with Crippen molar-refractivity contribution in [3.8, 4) is 0 Å². The second-order valence-corrected chi connectivity index (χ2v) is 6.20. The van der Waals surface area contributed by atoms with E-state index in [4.69, 9.17) is 9.47 Å². The average molecular weight is 289 g/mol. The van der Waals surface area contributed by atoms with Crippen LogP contribution in [0.5, 0.6) is 0 Å². The molecule has 0 spiro atoms. The Kier molecular flexibility index (Phi) is 11.4. The van der Waals surface area contributed by atoms with Gasteiger partial charge in [0.1, 0.15) is 0 Å². The molecule has 0 aliphatic heterocycles. The van der Waals surface area contributed by atoms with Gasteiger partial charge >= 0.3 is 0 Å². The third-order valence-corrected chi connectivity index (χ3v) is 3.69. The van der Waals surface area contributed by atoms with Crippen molar-refractivity contribution < 1.29 is 14.6 Å². The van der Waals surface area contributed by atoms with Gasteiger partial charge in [-0.15, -0.1) is 0 Å². The Balaban J connectivity index is 3.64. The molecule has 0 aliphatic rings. The Morgan fingerprint density at radius 1 is 1.20 bits per heavy atom. The normalized spacial score (nSPS) is 15.3. The highest BCUT2D eigenvalue weighted by atomic mass is 16.5. The summed E-state index contributed by atoms with van der Waals surface area (Å²) in [6.45, 7) is 10.9. The molecule has 2 atom stereocenters. The summed E-state index contributed by atoms with van der Waals surface area (Å²) in [5, 5.41) is 13.1. The molecule has 0 aromatic heterocycles. The first-order valence-corrected chi connectivity index (χ1v) is 7.96. The van der Waals surface area contributed by atoms with Gasteiger partial charge in [0.25, 0.3) is 0 Å². The molecule has 20 heavy (non-hydrogen) atoms. The van der Waals surface area contributed by atoms with Crippen LogP contribution in [0.15, 0.2) is 0 Å². The summed E-state index contributed by atoms with van der Waals surface area (Å²) in [5.41, 5.74) is -0.200. The fourth-order valence-corrected chi connectivity index (χ4v) is 1.94. The van der Waals surface area contributed by atoms with E-state index in [1.807, 2.05) is 13.8 Å². The van der Waals surface area contributed by atoms with E-state index in [1.54, 1.807) is 7.11 Å². The fourth-order valence-electron chi connectivity index (χ4n) is 1.94. The number of unbranched alkanes of at least 4 members (excludes halogenated alkanes) is 1. The van der Waals surface area contributed by atoms with Crippen molar-refractivity contribution in [1.82, 2.24) is 5.32 Å². The number of methoxy groups -OCH3 is 1. The van der Waals surface area contributed by atoms with Crippen LogP contribution < -0.4 is 5.32 Å². The van der Waals surface area contributed by atoms with Gasteiger partial charge < -0.3 is 19.9 Å². The zero-order chi connectivity index (χ0) is 15.4. The Hall–Kier alpha value is -0.160. The first kappa shape index (κ1) is 19.8. The number of rotatable bonds is 13. The maximum atomic E-state index is 9.85. The van der Waals surface area contributed by atoms with Crippen LogP contribution in [0.4, 0.5) is 0 Å². The quantitative estimate of drug-likeness (QED) is 0.547. The summed E-state index contributed by atoms with van der Waals surface area (Å²) in [5.74, 6) is 0.627. The summed E-state index contributed by atoms with van der Waals surface area (Å²) < 4.78 is 10.9. The number of hydrogen-bond donors (Lipinski definition) is 2. The predicted octanol–water partition coefficient (Wildman–Crippen LogP) is 2.59. The largest absolute Gasteiger partial charge is 0.389 e. The van der Waals surface area contributed by atoms with Gasteiger partial charge in [-0.3, -0.25) is 0 Å². The molecule has 0 fully saturated rings. The predicted molar refractivity (Wildman–Crippen MR) is 84.1 cm³/mol. The lowest BCUT2D eigenvalue weighted by atomic mass is 10.0. The molecule has 0 heterocycles. The molecule has 0 aromatic carbocycles. The molecule has 122 valence electrons. The molecule has 0 saturated carbocycles. The molecule has 0 radical (unpaired) electrons. The van der Waals surface area contributed by atoms with Gasteiger partial charge in [0.2, 0.25) is 0 Å². The van der Waals surface area contributed by atoms with E-state index in [9.17, 15) is 5.11 Å². The van der Waals surface area contributed by atoms with Gasteiger partial charge in [-0.2, -0.15) is 0 Å². The first-order chi connectivity index (χ1) is 9.45. The SMILES string of the molecule is CCCCC(CC)COCC(O)CNCC(C)(C)OC. The molecule has 4 heteroatoms. The molecular weight excluding hydrogens is 254 g/mol. The molecule has 0 aromatic rings. The molecule has 4 nitrogen and oxygen atoms in total. The van der Waals surface area contributed by atoms with E-state index in [-0.39, 0.29) is 5.60 Å². The Bertz CT molecular complexity index is 222. The zero-order valence-corrected chi connectivity index (χ0v) is 14.1. The highest BCUT2D eigenvalue weighted by Gasteiger charge is 2.16. The van der Waals surface area contributed by atoms with Crippen molar-refractivity contribution in [3.05, 3.63) is 0 Å². The van der Waals surface area contributed by atoms with E-state index in [0.717, 1.165) is 13.0 Å². The minimum Gasteiger partial charge on any atom is -0.389 e. The van der Waals surface area contributed by atoms with Crippen LogP contribution in [-0.2, 0) is 9.47 Å². The lowest BCUT2D eigenvalue weighted by molar-refractivity contribution is 0.00562. The monoisotopic (exact) mass is 289 g/mol. The van der Waals surface area contributed by atoms with Crippen molar-refractivity contribution in [1.29, 1.82) is 0 Å². The maximum Gasteiger partial charge on any atom is 0.0897 e. The molecule has 0 saturated heterocycles. The second-order valence-electron chi connectivity index (χ2n) is 6.20. The third-order valence-electron chi connectivity index (χ3n) is 3.69. The Labute approximate surface area is 125 Å². The average Bonchev–Trinajstić information content (AvgIpc) is 2.42. The number of aliphatic hydroxyl groups excluding tert-OH is 1. The van der Waals surface area contributed by atoms with Crippen LogP contribution in [0, 0.1) is 5.92 Å². The molecule has 0 rings (SSSR count). The fraction of sp³-hybridized carbons (Fsp3) is 1.00. The summed E-state index contributed by atoms with van der Waals surface area (Å²) in [6.07, 6.45) is 4.42. The standard InChI is InChI=1S/C16H35NO3/c1-6-8-9-14(7-2)11-20-12-15(18)10-17-13-16(3,4)19-5/h14-15,17-18H,6-13H2,1-5H3. The van der Waals surface area contributed by atoms with E-state index in [1.165, 1.54) is 19.3 Å². The molecule has 2 N–H and O–H groups in total. The topological polar surface area (TPSA) is 50.7 Å². The highest BCUT2D eigenvalue weighted by molar-refractivity contribution is 4.72. The van der Waals surface area contributed by atoms with E-state index >= 15 is 0 Å². The van der Waals surface area contributed by atoms with Crippen molar-refractivity contribution in [3.63, 3.8) is 0 Å². The van der Waals surface area contributed by atoms with Gasteiger partial charge in [-0.25, -0.2) is 0 Å². The number of ether oxygens (including phenoxy) is 2. The molecule has 0 bridgehead atoms. The summed E-state index contributed by atoms with van der Waals surface area (Å²) >= 11 is 0. The molecule has 0 aliphatic carbocycles. The summed E-state index contributed by atoms with van der Waals surface area (Å²) in [4.78, 5) is 0. The van der Waals surface area contributed by atoms with Gasteiger partial charge in [0.15, 0.2) is 0 Å². The van der Waals surface area contributed by atoms with E-state index < -0.39 is 6.10 Å². The smallest absolute Gasteiger partial charge is 0.0897 e. The van der Waals surface area contributed by atoms with Gasteiger partial charge in [0, 0.05) is 26.8 Å². The minimum absolute atomic E-state index is 0.200. The highest BCUT2D eigenvalue weighted by Crippen LogP contribution is 2.12. The minimum atomic E-state index is -0.452. The van der Waals surface area contributed by atoms with Gasteiger partial charge in [-0.1, -0.05) is 33.1 Å². The summed E-state index contributed by atoms with van der Waals surface area (Å²) in [7, 11) is 1.70. The number of nitrogens with one attached hydrogen (secondary N) is 1. The van der Waals surface area contributed by atoms with Crippen LogP contribution in [0.25, 0.3) is 0 Å². The van der Waals surface area contributed by atoms with Crippen LogP contribution in [0.3, 0.4) is 0 Å². The maximum absolute atomic E-state index is 9.85. The van der Waals surface area contributed by atoms with Crippen LogP contribution in [0.2, 0.25) is 0 Å². The van der Waals surface area contributed by atoms with E-state index in [2.05, 4.69) is 19.2 Å². The van der Waals surface area contributed by atoms with E-state index in [0.29, 0.717) is 25.6 Å². The Morgan fingerprint density at radius 2 is 1.90 bits per heavy atom. The summed E-state index contributed by atoms with van der Waals surface area (Å²) in [6, 6.07) is 0.